The van der Waals surface area contributed by atoms with Gasteiger partial charge in [0.05, 0.1) is 6.61 Å². The van der Waals surface area contributed by atoms with Crippen LogP contribution in [0.3, 0.4) is 0 Å². The van der Waals surface area contributed by atoms with Crippen LogP contribution < -0.4 is 0 Å². The van der Waals surface area contributed by atoms with Gasteiger partial charge in [-0.05, 0) is 45.1 Å². The van der Waals surface area contributed by atoms with Gasteiger partial charge in [0.2, 0.25) is 15.9 Å². The predicted molar refractivity (Wildman–Crippen MR) is 98.7 cm³/mol. The predicted octanol–water partition coefficient (Wildman–Crippen LogP) is 1.37. The summed E-state index contributed by atoms with van der Waals surface area (Å²) in [5, 5.41) is 0. The minimum Gasteiger partial charge on any atom is -0.461 e. The number of carbonyl (C=O) groups is 2. The topological polar surface area (TPSA) is 88.9 Å². The maximum Gasteiger partial charge on any atom is 0.354 e. The standard InChI is InChI=1S/C18H27N3O5S/c1-3-26-18(23)16-12-14(13-19(16)2)27(24,25)21-11-7-8-15(21)17(22)20-9-5-4-6-10-20/h12-13,15H,3-11H2,1-2H3. The summed E-state index contributed by atoms with van der Waals surface area (Å²) in [4.78, 5) is 26.7. The number of aromatic nitrogens is 1. The monoisotopic (exact) mass is 397 g/mol. The Hall–Kier alpha value is -1.87. The Morgan fingerprint density at radius 3 is 2.52 bits per heavy atom. The van der Waals surface area contributed by atoms with Crippen molar-refractivity contribution in [1.82, 2.24) is 13.8 Å². The van der Waals surface area contributed by atoms with Crippen molar-refractivity contribution in [3.63, 3.8) is 0 Å². The van der Waals surface area contributed by atoms with Crippen molar-refractivity contribution >= 4 is 21.9 Å². The molecule has 0 bridgehead atoms. The number of likely N-dealkylation sites (tertiary alicyclic amines) is 1. The van der Waals surface area contributed by atoms with E-state index in [0.29, 0.717) is 32.5 Å². The number of hydrogen-bond acceptors (Lipinski definition) is 5. The van der Waals surface area contributed by atoms with E-state index in [1.54, 1.807) is 18.9 Å². The molecule has 0 saturated carbocycles. The lowest BCUT2D eigenvalue weighted by molar-refractivity contribution is -0.135. The molecule has 1 aromatic heterocycles. The average molecular weight is 397 g/mol. The van der Waals surface area contributed by atoms with Crippen LogP contribution in [0, 0.1) is 0 Å². The van der Waals surface area contributed by atoms with Gasteiger partial charge in [0.1, 0.15) is 16.6 Å². The van der Waals surface area contributed by atoms with Gasteiger partial charge < -0.3 is 14.2 Å². The maximum absolute atomic E-state index is 13.2. The first-order chi connectivity index (χ1) is 12.9. The van der Waals surface area contributed by atoms with Crippen LogP contribution >= 0.6 is 0 Å². The highest BCUT2D eigenvalue weighted by Gasteiger charge is 2.42. The Balaban J connectivity index is 1.84. The minimum absolute atomic E-state index is 0.0198. The fourth-order valence-corrected chi connectivity index (χ4v) is 5.54. The van der Waals surface area contributed by atoms with E-state index in [0.717, 1.165) is 19.3 Å². The van der Waals surface area contributed by atoms with E-state index in [9.17, 15) is 18.0 Å². The van der Waals surface area contributed by atoms with Gasteiger partial charge >= 0.3 is 5.97 Å². The summed E-state index contributed by atoms with van der Waals surface area (Å²) < 4.78 is 34.1. The molecule has 3 rings (SSSR count). The molecular formula is C18H27N3O5S. The number of aryl methyl sites for hydroxylation is 1. The molecule has 9 heteroatoms. The van der Waals surface area contributed by atoms with Gasteiger partial charge in [-0.25, -0.2) is 13.2 Å². The second-order valence-electron chi connectivity index (χ2n) is 7.05. The number of nitrogens with zero attached hydrogens (tertiary/aromatic N) is 3. The summed E-state index contributed by atoms with van der Waals surface area (Å²) >= 11 is 0. The van der Waals surface area contributed by atoms with Gasteiger partial charge in [-0.15, -0.1) is 0 Å². The van der Waals surface area contributed by atoms with Crippen LogP contribution in [0.15, 0.2) is 17.2 Å². The highest BCUT2D eigenvalue weighted by molar-refractivity contribution is 7.89. The van der Waals surface area contributed by atoms with E-state index >= 15 is 0 Å². The minimum atomic E-state index is -3.86. The van der Waals surface area contributed by atoms with Crippen LogP contribution in [0.1, 0.15) is 49.5 Å². The molecule has 3 heterocycles. The van der Waals surface area contributed by atoms with Gasteiger partial charge in [-0.1, -0.05) is 0 Å². The lowest BCUT2D eigenvalue weighted by Crippen LogP contribution is -2.49. The molecule has 1 aromatic rings. The quantitative estimate of drug-likeness (QED) is 0.700. The van der Waals surface area contributed by atoms with Crippen LogP contribution in [0.5, 0.6) is 0 Å². The number of rotatable bonds is 5. The number of amides is 1. The molecule has 8 nitrogen and oxygen atoms in total. The molecule has 27 heavy (non-hydrogen) atoms. The summed E-state index contributed by atoms with van der Waals surface area (Å²) in [6, 6.07) is 0.674. The Morgan fingerprint density at radius 2 is 1.85 bits per heavy atom. The van der Waals surface area contributed by atoms with E-state index in [4.69, 9.17) is 4.74 Å². The molecule has 2 fully saturated rings. The molecule has 1 amide bonds. The first-order valence-electron chi connectivity index (χ1n) is 9.50. The molecule has 1 atom stereocenters. The maximum atomic E-state index is 13.2. The summed E-state index contributed by atoms with van der Waals surface area (Å²) in [5.41, 5.74) is 0.175. The zero-order valence-corrected chi connectivity index (χ0v) is 16.7. The van der Waals surface area contributed by atoms with Crippen LogP contribution in [0.25, 0.3) is 0 Å². The lowest BCUT2D eigenvalue weighted by atomic mass is 10.1. The first-order valence-corrected chi connectivity index (χ1v) is 10.9. The van der Waals surface area contributed by atoms with Crippen LogP contribution in [0.4, 0.5) is 0 Å². The fourth-order valence-electron chi connectivity index (χ4n) is 3.82. The second kappa shape index (κ2) is 8.02. The summed E-state index contributed by atoms with van der Waals surface area (Å²) in [6.45, 7) is 3.61. The number of sulfonamides is 1. The van der Waals surface area contributed by atoms with Crippen molar-refractivity contribution in [1.29, 1.82) is 0 Å². The van der Waals surface area contributed by atoms with Crippen LogP contribution in [0.2, 0.25) is 0 Å². The third-order valence-electron chi connectivity index (χ3n) is 5.23. The van der Waals surface area contributed by atoms with Gasteiger partial charge in [0, 0.05) is 32.9 Å². The summed E-state index contributed by atoms with van der Waals surface area (Å²) in [5.74, 6) is -0.666. The Kier molecular flexibility index (Phi) is 5.90. The zero-order valence-electron chi connectivity index (χ0n) is 15.9. The van der Waals surface area contributed by atoms with E-state index in [2.05, 4.69) is 0 Å². The summed E-state index contributed by atoms with van der Waals surface area (Å²) in [7, 11) is -2.26. The third-order valence-corrected chi connectivity index (χ3v) is 7.10. The normalized spacial score (nSPS) is 21.4. The fraction of sp³-hybridized carbons (Fsp3) is 0.667. The molecule has 2 aliphatic heterocycles. The Labute approximate surface area is 160 Å². The largest absolute Gasteiger partial charge is 0.461 e. The number of ether oxygens (including phenoxy) is 1. The SMILES string of the molecule is CCOC(=O)c1cc(S(=O)(=O)N2CCCC2C(=O)N2CCCCC2)cn1C. The van der Waals surface area contributed by atoms with E-state index in [-0.39, 0.29) is 23.1 Å². The number of esters is 1. The van der Waals surface area contributed by atoms with Crippen molar-refractivity contribution in [3.8, 4) is 0 Å². The highest BCUT2D eigenvalue weighted by atomic mass is 32.2. The molecule has 0 aliphatic carbocycles. The number of hydrogen-bond donors (Lipinski definition) is 0. The Bertz CT molecular complexity index is 811. The molecule has 150 valence electrons. The molecule has 0 radical (unpaired) electrons. The van der Waals surface area contributed by atoms with E-state index in [1.807, 2.05) is 0 Å². The first kappa shape index (κ1) is 19.9. The molecule has 2 saturated heterocycles. The highest BCUT2D eigenvalue weighted by Crippen LogP contribution is 2.29. The number of carbonyl (C=O) groups excluding carboxylic acids is 2. The van der Waals surface area contributed by atoms with Gasteiger partial charge in [0.25, 0.3) is 0 Å². The van der Waals surface area contributed by atoms with E-state index in [1.165, 1.54) is 21.1 Å². The average Bonchev–Trinajstić information content (AvgIpc) is 3.29. The van der Waals surface area contributed by atoms with Crippen molar-refractivity contribution in [2.45, 2.75) is 50.0 Å². The third kappa shape index (κ3) is 3.89. The van der Waals surface area contributed by atoms with Gasteiger partial charge in [-0.2, -0.15) is 4.31 Å². The molecule has 1 unspecified atom stereocenters. The molecule has 0 aromatic carbocycles. The number of piperidine rings is 1. The zero-order chi connectivity index (χ0) is 19.6. The molecule has 0 spiro atoms. The molecule has 2 aliphatic rings. The van der Waals surface area contributed by atoms with Crippen molar-refractivity contribution < 1.29 is 22.7 Å². The molecular weight excluding hydrogens is 370 g/mol. The summed E-state index contributed by atoms with van der Waals surface area (Å²) in [6.07, 6.45) is 5.63. The molecule has 0 N–H and O–H groups in total. The van der Waals surface area contributed by atoms with Crippen molar-refractivity contribution in [2.75, 3.05) is 26.2 Å². The second-order valence-corrected chi connectivity index (χ2v) is 8.94. The smallest absolute Gasteiger partial charge is 0.354 e. The van der Waals surface area contributed by atoms with Crippen molar-refractivity contribution in [3.05, 3.63) is 18.0 Å². The Morgan fingerprint density at radius 1 is 1.15 bits per heavy atom. The van der Waals surface area contributed by atoms with Gasteiger partial charge in [-0.3, -0.25) is 4.79 Å². The lowest BCUT2D eigenvalue weighted by Gasteiger charge is -2.32. The van der Waals surface area contributed by atoms with E-state index < -0.39 is 22.0 Å². The van der Waals surface area contributed by atoms with Crippen LogP contribution in [-0.4, -0.2) is 66.3 Å². The van der Waals surface area contributed by atoms with Gasteiger partial charge in [0.15, 0.2) is 0 Å². The van der Waals surface area contributed by atoms with Crippen LogP contribution in [-0.2, 0) is 26.6 Å². The van der Waals surface area contributed by atoms with Crippen molar-refractivity contribution in [2.24, 2.45) is 7.05 Å².